The summed E-state index contributed by atoms with van der Waals surface area (Å²) in [6.45, 7) is 1.45. The molecule has 0 saturated heterocycles. The highest BCUT2D eigenvalue weighted by atomic mass is 16.4. The smallest absolute Gasteiger partial charge is 0.310 e. The van der Waals surface area contributed by atoms with Crippen molar-refractivity contribution in [3.8, 4) is 0 Å². The lowest BCUT2D eigenvalue weighted by Gasteiger charge is -1.99. The fraction of sp³-hybridized carbons (Fsp3) is 0.667. The topological polar surface area (TPSA) is 74.6 Å². The molecule has 0 heterocycles. The first kappa shape index (κ1) is 7.05. The fourth-order valence-electron chi connectivity index (χ4n) is 0.961. The molecule has 0 aromatic rings. The molecule has 0 aromatic carbocycles. The van der Waals surface area contributed by atoms with Gasteiger partial charge in [0.1, 0.15) is 0 Å². The van der Waals surface area contributed by atoms with Crippen molar-refractivity contribution in [1.29, 1.82) is 0 Å². The minimum absolute atomic E-state index is 0.262. The molecule has 1 rings (SSSR count). The second-order valence-corrected chi connectivity index (χ2v) is 2.82. The van der Waals surface area contributed by atoms with Crippen molar-refractivity contribution in [2.24, 2.45) is 11.3 Å². The van der Waals surface area contributed by atoms with Gasteiger partial charge in [-0.2, -0.15) is 0 Å². The Hall–Kier alpha value is -1.06. The Bertz CT molecular complexity index is 198. The maximum absolute atomic E-state index is 10.3. The van der Waals surface area contributed by atoms with Crippen molar-refractivity contribution in [2.45, 2.75) is 13.3 Å². The standard InChI is InChI=1S/C6H8O4/c1-6(5(9)10)2-3(6)4(7)8/h3H,2H2,1H3,(H,7,8)(H,9,10)/t3-,6+/m0/s1. The van der Waals surface area contributed by atoms with Crippen LogP contribution >= 0.6 is 0 Å². The lowest BCUT2D eigenvalue weighted by atomic mass is 10.1. The summed E-state index contributed by atoms with van der Waals surface area (Å²) >= 11 is 0. The van der Waals surface area contributed by atoms with E-state index in [4.69, 9.17) is 10.2 Å². The maximum atomic E-state index is 10.3. The summed E-state index contributed by atoms with van der Waals surface area (Å²) in [6, 6.07) is 0. The zero-order chi connectivity index (χ0) is 7.94. The molecule has 0 unspecified atom stereocenters. The molecule has 0 amide bonds. The summed E-state index contributed by atoms with van der Waals surface area (Å²) in [5, 5.41) is 16.8. The van der Waals surface area contributed by atoms with Crippen LogP contribution in [0.25, 0.3) is 0 Å². The van der Waals surface area contributed by atoms with Crippen LogP contribution in [0, 0.1) is 11.3 Å². The van der Waals surface area contributed by atoms with E-state index in [2.05, 4.69) is 0 Å². The van der Waals surface area contributed by atoms with E-state index in [9.17, 15) is 9.59 Å². The predicted octanol–water partition coefficient (Wildman–Crippen LogP) is 0.182. The number of hydrogen-bond donors (Lipinski definition) is 2. The largest absolute Gasteiger partial charge is 0.481 e. The summed E-state index contributed by atoms with van der Waals surface area (Å²) in [7, 11) is 0. The van der Waals surface area contributed by atoms with Crippen LogP contribution in [-0.4, -0.2) is 22.2 Å². The van der Waals surface area contributed by atoms with Crippen LogP contribution in [0.4, 0.5) is 0 Å². The first-order valence-corrected chi connectivity index (χ1v) is 2.94. The molecule has 1 aliphatic rings. The summed E-state index contributed by atoms with van der Waals surface area (Å²) in [6.07, 6.45) is 0.262. The molecular weight excluding hydrogens is 136 g/mol. The highest BCUT2D eigenvalue weighted by Gasteiger charge is 2.60. The Morgan fingerprint density at radius 3 is 2.10 bits per heavy atom. The van der Waals surface area contributed by atoms with Crippen LogP contribution in [0.15, 0.2) is 0 Å². The SMILES string of the molecule is C[C@@]1(C(=O)O)C[C@H]1C(=O)O. The molecule has 1 fully saturated rings. The molecule has 2 N–H and O–H groups in total. The summed E-state index contributed by atoms with van der Waals surface area (Å²) in [4.78, 5) is 20.6. The molecule has 0 spiro atoms. The molecular formula is C6H8O4. The van der Waals surface area contributed by atoms with Gasteiger partial charge in [0.2, 0.25) is 0 Å². The van der Waals surface area contributed by atoms with Crippen LogP contribution in [0.1, 0.15) is 13.3 Å². The molecule has 1 aliphatic carbocycles. The molecule has 0 bridgehead atoms. The van der Waals surface area contributed by atoms with Gasteiger partial charge in [0.05, 0.1) is 11.3 Å². The first-order valence-electron chi connectivity index (χ1n) is 2.94. The van der Waals surface area contributed by atoms with Crippen LogP contribution < -0.4 is 0 Å². The quantitative estimate of drug-likeness (QED) is 0.579. The molecule has 0 radical (unpaired) electrons. The Morgan fingerprint density at radius 1 is 1.50 bits per heavy atom. The number of carbonyl (C=O) groups is 2. The summed E-state index contributed by atoms with van der Waals surface area (Å²) < 4.78 is 0. The zero-order valence-electron chi connectivity index (χ0n) is 5.50. The third-order valence-corrected chi connectivity index (χ3v) is 2.02. The minimum Gasteiger partial charge on any atom is -0.481 e. The van der Waals surface area contributed by atoms with Crippen molar-refractivity contribution in [1.82, 2.24) is 0 Å². The first-order chi connectivity index (χ1) is 4.48. The van der Waals surface area contributed by atoms with Crippen LogP contribution in [-0.2, 0) is 9.59 Å². The number of rotatable bonds is 2. The van der Waals surface area contributed by atoms with Gasteiger partial charge < -0.3 is 10.2 Å². The van der Waals surface area contributed by atoms with Crippen molar-refractivity contribution in [2.75, 3.05) is 0 Å². The normalized spacial score (nSPS) is 37.1. The fourth-order valence-corrected chi connectivity index (χ4v) is 0.961. The Kier molecular flexibility index (Phi) is 1.21. The lowest BCUT2D eigenvalue weighted by Crippen LogP contribution is -2.16. The van der Waals surface area contributed by atoms with Crippen molar-refractivity contribution >= 4 is 11.9 Å². The Labute approximate surface area is 57.5 Å². The minimum atomic E-state index is -1.01. The molecule has 4 nitrogen and oxygen atoms in total. The van der Waals surface area contributed by atoms with Crippen LogP contribution in [0.3, 0.4) is 0 Å². The molecule has 2 atom stereocenters. The van der Waals surface area contributed by atoms with Crippen molar-refractivity contribution in [3.05, 3.63) is 0 Å². The average molecular weight is 144 g/mol. The number of carboxylic acids is 2. The van der Waals surface area contributed by atoms with E-state index >= 15 is 0 Å². The molecule has 4 heteroatoms. The molecule has 10 heavy (non-hydrogen) atoms. The monoisotopic (exact) mass is 144 g/mol. The summed E-state index contributed by atoms with van der Waals surface area (Å²) in [5.41, 5.74) is -0.994. The number of aliphatic carboxylic acids is 2. The van der Waals surface area contributed by atoms with Crippen molar-refractivity contribution < 1.29 is 19.8 Å². The van der Waals surface area contributed by atoms with Crippen LogP contribution in [0.2, 0.25) is 0 Å². The van der Waals surface area contributed by atoms with Gasteiger partial charge in [-0.25, -0.2) is 0 Å². The van der Waals surface area contributed by atoms with Gasteiger partial charge >= 0.3 is 11.9 Å². The Balaban J connectivity index is 2.65. The second kappa shape index (κ2) is 1.71. The second-order valence-electron chi connectivity index (χ2n) is 2.82. The van der Waals surface area contributed by atoms with Gasteiger partial charge in [-0.1, -0.05) is 0 Å². The predicted molar refractivity (Wildman–Crippen MR) is 31.5 cm³/mol. The molecule has 0 aliphatic heterocycles. The third-order valence-electron chi connectivity index (χ3n) is 2.02. The van der Waals surface area contributed by atoms with Crippen LogP contribution in [0.5, 0.6) is 0 Å². The van der Waals surface area contributed by atoms with Gasteiger partial charge in [-0.15, -0.1) is 0 Å². The van der Waals surface area contributed by atoms with Gasteiger partial charge in [0, 0.05) is 0 Å². The third kappa shape index (κ3) is 0.761. The van der Waals surface area contributed by atoms with E-state index in [0.29, 0.717) is 0 Å². The molecule has 0 aromatic heterocycles. The number of carboxylic acid groups (broad SMARTS) is 2. The summed E-state index contributed by atoms with van der Waals surface area (Å²) in [5.74, 6) is -2.70. The van der Waals surface area contributed by atoms with E-state index < -0.39 is 23.3 Å². The average Bonchev–Trinajstić information content (AvgIpc) is 2.43. The lowest BCUT2D eigenvalue weighted by molar-refractivity contribution is -0.148. The van der Waals surface area contributed by atoms with E-state index in [-0.39, 0.29) is 6.42 Å². The zero-order valence-corrected chi connectivity index (χ0v) is 5.50. The molecule has 1 saturated carbocycles. The highest BCUT2D eigenvalue weighted by Crippen LogP contribution is 2.52. The maximum Gasteiger partial charge on any atom is 0.310 e. The van der Waals surface area contributed by atoms with Gasteiger partial charge in [0.15, 0.2) is 0 Å². The van der Waals surface area contributed by atoms with Crippen molar-refractivity contribution in [3.63, 3.8) is 0 Å². The van der Waals surface area contributed by atoms with E-state index in [0.717, 1.165) is 0 Å². The highest BCUT2D eigenvalue weighted by molar-refractivity contribution is 5.88. The van der Waals surface area contributed by atoms with Gasteiger partial charge in [-0.05, 0) is 13.3 Å². The number of hydrogen-bond acceptors (Lipinski definition) is 2. The van der Waals surface area contributed by atoms with Gasteiger partial charge in [0.25, 0.3) is 0 Å². The van der Waals surface area contributed by atoms with E-state index in [1.807, 2.05) is 0 Å². The molecule has 56 valence electrons. The van der Waals surface area contributed by atoms with E-state index in [1.165, 1.54) is 6.92 Å². The van der Waals surface area contributed by atoms with E-state index in [1.54, 1.807) is 0 Å². The van der Waals surface area contributed by atoms with Gasteiger partial charge in [-0.3, -0.25) is 9.59 Å². The Morgan fingerprint density at radius 2 is 2.00 bits per heavy atom.